The monoisotopic (exact) mass is 215 g/mol. The maximum absolute atomic E-state index is 13.2. The Balaban J connectivity index is 3.27. The Morgan fingerprint density at radius 1 is 1.53 bits per heavy atom. The van der Waals surface area contributed by atoms with Crippen molar-refractivity contribution < 1.29 is 18.7 Å². The Morgan fingerprint density at radius 2 is 2.13 bits per heavy atom. The van der Waals surface area contributed by atoms with E-state index in [1.807, 2.05) is 0 Å². The van der Waals surface area contributed by atoms with E-state index in [1.165, 1.54) is 6.07 Å². The second-order valence-corrected chi connectivity index (χ2v) is 3.15. The van der Waals surface area contributed by atoms with Crippen molar-refractivity contribution in [1.82, 2.24) is 0 Å². The van der Waals surface area contributed by atoms with Gasteiger partial charge in [-0.3, -0.25) is 4.79 Å². The molecule has 0 heterocycles. The summed E-state index contributed by atoms with van der Waals surface area (Å²) in [6, 6.07) is 0.774. The number of aryl methyl sites for hydroxylation is 1. The highest BCUT2D eigenvalue weighted by Gasteiger charge is 2.21. The summed E-state index contributed by atoms with van der Waals surface area (Å²) in [5.41, 5.74) is 5.42. The molecule has 1 aromatic rings. The molecule has 0 aliphatic carbocycles. The Morgan fingerprint density at radius 3 is 2.60 bits per heavy atom. The predicted molar refractivity (Wildman–Crippen MR) is 50.3 cm³/mol. The van der Waals surface area contributed by atoms with Crippen LogP contribution in [0.25, 0.3) is 0 Å². The number of rotatable bonds is 3. The minimum absolute atomic E-state index is 0.320. The number of carboxylic acid groups (broad SMARTS) is 1. The van der Waals surface area contributed by atoms with Gasteiger partial charge in [-0.25, -0.2) is 8.78 Å². The molecule has 0 radical (unpaired) electrons. The standard InChI is InChI=1S/C10H11F2NO2/c1-2-5-3-6(9(13)10(14)15)8(12)7(11)4-5/h3-4,9H,2,13H2,1H3,(H,14,15). The highest BCUT2D eigenvalue weighted by molar-refractivity contribution is 5.75. The fraction of sp³-hybridized carbons (Fsp3) is 0.300. The first-order valence-corrected chi connectivity index (χ1v) is 4.43. The molecule has 15 heavy (non-hydrogen) atoms. The van der Waals surface area contributed by atoms with Gasteiger partial charge in [0.2, 0.25) is 0 Å². The second-order valence-electron chi connectivity index (χ2n) is 3.15. The first-order valence-electron chi connectivity index (χ1n) is 4.43. The van der Waals surface area contributed by atoms with Gasteiger partial charge in [-0.2, -0.15) is 0 Å². The molecule has 82 valence electrons. The van der Waals surface area contributed by atoms with E-state index in [0.717, 1.165) is 6.07 Å². The summed E-state index contributed by atoms with van der Waals surface area (Å²) in [5, 5.41) is 8.60. The highest BCUT2D eigenvalue weighted by atomic mass is 19.2. The quantitative estimate of drug-likeness (QED) is 0.805. The number of nitrogens with two attached hydrogens (primary N) is 1. The summed E-state index contributed by atoms with van der Waals surface area (Å²) in [5.74, 6) is -3.65. The van der Waals surface area contributed by atoms with Crippen molar-refractivity contribution in [2.24, 2.45) is 5.73 Å². The lowest BCUT2D eigenvalue weighted by molar-refractivity contribution is -0.138. The molecule has 1 atom stereocenters. The topological polar surface area (TPSA) is 63.3 Å². The van der Waals surface area contributed by atoms with Crippen molar-refractivity contribution in [3.8, 4) is 0 Å². The van der Waals surface area contributed by atoms with Crippen molar-refractivity contribution >= 4 is 5.97 Å². The molecule has 1 aromatic carbocycles. The molecule has 0 aromatic heterocycles. The van der Waals surface area contributed by atoms with Gasteiger partial charge in [-0.15, -0.1) is 0 Å². The molecule has 1 unspecified atom stereocenters. The number of benzene rings is 1. The van der Waals surface area contributed by atoms with E-state index >= 15 is 0 Å². The molecule has 3 nitrogen and oxygen atoms in total. The van der Waals surface area contributed by atoms with Crippen molar-refractivity contribution in [2.75, 3.05) is 0 Å². The summed E-state index contributed by atoms with van der Waals surface area (Å²) in [6.45, 7) is 1.75. The van der Waals surface area contributed by atoms with Crippen molar-refractivity contribution in [1.29, 1.82) is 0 Å². The summed E-state index contributed by atoms with van der Waals surface area (Å²) in [4.78, 5) is 10.5. The maximum Gasteiger partial charge on any atom is 0.325 e. The molecule has 0 saturated carbocycles. The van der Waals surface area contributed by atoms with Crippen LogP contribution in [0.4, 0.5) is 8.78 Å². The normalized spacial score (nSPS) is 12.5. The number of hydrogen-bond donors (Lipinski definition) is 2. The summed E-state index contributed by atoms with van der Waals surface area (Å²) in [6.07, 6.45) is 0.483. The number of halogens is 2. The molecular weight excluding hydrogens is 204 g/mol. The zero-order chi connectivity index (χ0) is 11.6. The SMILES string of the molecule is CCc1cc(F)c(F)c(C(N)C(=O)O)c1. The van der Waals surface area contributed by atoms with Gasteiger partial charge in [-0.1, -0.05) is 13.0 Å². The smallest absolute Gasteiger partial charge is 0.325 e. The van der Waals surface area contributed by atoms with Gasteiger partial charge in [0.05, 0.1) is 0 Å². The van der Waals surface area contributed by atoms with Crippen LogP contribution < -0.4 is 5.73 Å². The lowest BCUT2D eigenvalue weighted by Crippen LogP contribution is -2.22. The first-order chi connectivity index (χ1) is 6.97. The summed E-state index contributed by atoms with van der Waals surface area (Å²) < 4.78 is 26.2. The number of hydrogen-bond acceptors (Lipinski definition) is 2. The van der Waals surface area contributed by atoms with Gasteiger partial charge >= 0.3 is 5.97 Å². The zero-order valence-electron chi connectivity index (χ0n) is 8.13. The first kappa shape index (κ1) is 11.6. The molecular formula is C10H11F2NO2. The van der Waals surface area contributed by atoms with Crippen molar-refractivity contribution in [3.63, 3.8) is 0 Å². The third-order valence-corrected chi connectivity index (χ3v) is 2.13. The van der Waals surface area contributed by atoms with E-state index in [1.54, 1.807) is 6.92 Å². The van der Waals surface area contributed by atoms with E-state index in [2.05, 4.69) is 0 Å². The fourth-order valence-corrected chi connectivity index (χ4v) is 1.23. The van der Waals surface area contributed by atoms with Crippen LogP contribution in [0.1, 0.15) is 24.1 Å². The molecule has 3 N–H and O–H groups in total. The van der Waals surface area contributed by atoms with Gasteiger partial charge in [0.25, 0.3) is 0 Å². The minimum atomic E-state index is -1.54. The molecule has 0 fully saturated rings. The molecule has 0 amide bonds. The zero-order valence-corrected chi connectivity index (χ0v) is 8.13. The molecule has 0 saturated heterocycles. The summed E-state index contributed by atoms with van der Waals surface area (Å²) in [7, 11) is 0. The Bertz CT molecular complexity index is 393. The van der Waals surface area contributed by atoms with Gasteiger partial charge in [0.15, 0.2) is 11.6 Å². The van der Waals surface area contributed by atoms with Gasteiger partial charge < -0.3 is 10.8 Å². The van der Waals surface area contributed by atoms with E-state index in [0.29, 0.717) is 12.0 Å². The van der Waals surface area contributed by atoms with Crippen molar-refractivity contribution in [3.05, 3.63) is 34.9 Å². The van der Waals surface area contributed by atoms with Crippen LogP contribution in [0.2, 0.25) is 0 Å². The van der Waals surface area contributed by atoms with Gasteiger partial charge in [0, 0.05) is 5.56 Å². The van der Waals surface area contributed by atoms with E-state index < -0.39 is 23.6 Å². The maximum atomic E-state index is 13.2. The van der Waals surface area contributed by atoms with Crippen molar-refractivity contribution in [2.45, 2.75) is 19.4 Å². The summed E-state index contributed by atoms with van der Waals surface area (Å²) >= 11 is 0. The third-order valence-electron chi connectivity index (χ3n) is 2.13. The molecule has 1 rings (SSSR count). The second kappa shape index (κ2) is 4.35. The number of aliphatic carboxylic acids is 1. The molecule has 0 aliphatic heterocycles. The lowest BCUT2D eigenvalue weighted by Gasteiger charge is -2.10. The van der Waals surface area contributed by atoms with Crippen LogP contribution in [0, 0.1) is 11.6 Å². The Kier molecular flexibility index (Phi) is 3.36. The predicted octanol–water partition coefficient (Wildman–Crippen LogP) is 1.61. The van der Waals surface area contributed by atoms with Crippen LogP contribution in [0.5, 0.6) is 0 Å². The van der Waals surface area contributed by atoms with Crippen LogP contribution in [0.3, 0.4) is 0 Å². The molecule has 0 bridgehead atoms. The number of carbonyl (C=O) groups is 1. The van der Waals surface area contributed by atoms with Crippen LogP contribution in [-0.2, 0) is 11.2 Å². The fourth-order valence-electron chi connectivity index (χ4n) is 1.23. The van der Waals surface area contributed by atoms with E-state index in [-0.39, 0.29) is 5.56 Å². The Hall–Kier alpha value is -1.49. The number of carboxylic acids is 1. The average Bonchev–Trinajstić information content (AvgIpc) is 2.20. The lowest BCUT2D eigenvalue weighted by atomic mass is 10.0. The van der Waals surface area contributed by atoms with Crippen LogP contribution in [-0.4, -0.2) is 11.1 Å². The van der Waals surface area contributed by atoms with Gasteiger partial charge in [0.1, 0.15) is 6.04 Å². The van der Waals surface area contributed by atoms with E-state index in [9.17, 15) is 13.6 Å². The van der Waals surface area contributed by atoms with Gasteiger partial charge in [-0.05, 0) is 18.1 Å². The van der Waals surface area contributed by atoms with Crippen LogP contribution in [0.15, 0.2) is 12.1 Å². The Labute approximate surface area is 85.5 Å². The minimum Gasteiger partial charge on any atom is -0.480 e. The average molecular weight is 215 g/mol. The molecule has 5 heteroatoms. The van der Waals surface area contributed by atoms with Crippen LogP contribution >= 0.6 is 0 Å². The highest BCUT2D eigenvalue weighted by Crippen LogP contribution is 2.20. The molecule has 0 spiro atoms. The largest absolute Gasteiger partial charge is 0.480 e. The molecule has 0 aliphatic rings. The van der Waals surface area contributed by atoms with E-state index in [4.69, 9.17) is 10.8 Å². The third kappa shape index (κ3) is 2.30.